The fourth-order valence-corrected chi connectivity index (χ4v) is 2.04. The van der Waals surface area contributed by atoms with E-state index < -0.39 is 11.8 Å². The summed E-state index contributed by atoms with van der Waals surface area (Å²) in [5, 5.41) is 0. The van der Waals surface area contributed by atoms with Gasteiger partial charge < -0.3 is 9.72 Å². The monoisotopic (exact) mass is 257 g/mol. The Balaban J connectivity index is 2.26. The zero-order chi connectivity index (χ0) is 13.7. The van der Waals surface area contributed by atoms with Gasteiger partial charge in [-0.1, -0.05) is 30.3 Å². The maximum absolute atomic E-state index is 11.8. The number of H-pyrrole nitrogens is 1. The summed E-state index contributed by atoms with van der Waals surface area (Å²) in [6.45, 7) is 0. The maximum atomic E-state index is 11.8. The van der Waals surface area contributed by atoms with E-state index in [1.807, 2.05) is 42.5 Å². The predicted molar refractivity (Wildman–Crippen MR) is 70.7 cm³/mol. The second kappa shape index (κ2) is 6.00. The molecule has 0 aliphatic rings. The molecule has 1 aromatic carbocycles. The number of aromatic amines is 1. The fourth-order valence-electron chi connectivity index (χ4n) is 2.04. The summed E-state index contributed by atoms with van der Waals surface area (Å²) in [6.07, 6.45) is 1.89. The number of carbonyl (C=O) groups excluding carboxylic acids is 2. The lowest BCUT2D eigenvalue weighted by Crippen LogP contribution is -2.19. The van der Waals surface area contributed by atoms with Gasteiger partial charge in [0.25, 0.3) is 0 Å². The van der Waals surface area contributed by atoms with Crippen molar-refractivity contribution < 1.29 is 14.3 Å². The van der Waals surface area contributed by atoms with Gasteiger partial charge in [-0.2, -0.15) is 0 Å². The summed E-state index contributed by atoms with van der Waals surface area (Å²) in [6, 6.07) is 13.4. The van der Waals surface area contributed by atoms with Gasteiger partial charge in [0, 0.05) is 24.2 Å². The van der Waals surface area contributed by atoms with Crippen molar-refractivity contribution in [2.45, 2.75) is 12.3 Å². The molecule has 1 unspecified atom stereocenters. The molecule has 0 radical (unpaired) electrons. The molecule has 4 heteroatoms. The summed E-state index contributed by atoms with van der Waals surface area (Å²) in [5.74, 6) is -1.48. The normalized spacial score (nSPS) is 11.8. The molecule has 4 nitrogen and oxygen atoms in total. The van der Waals surface area contributed by atoms with E-state index in [0.717, 1.165) is 11.3 Å². The van der Waals surface area contributed by atoms with Crippen molar-refractivity contribution in [2.24, 2.45) is 0 Å². The van der Waals surface area contributed by atoms with Crippen LogP contribution in [0.4, 0.5) is 0 Å². The molecular formula is C15H15NO3. The summed E-state index contributed by atoms with van der Waals surface area (Å²) >= 11 is 0. The molecular weight excluding hydrogens is 242 g/mol. The Morgan fingerprint density at radius 3 is 2.47 bits per heavy atom. The van der Waals surface area contributed by atoms with Crippen molar-refractivity contribution in [2.75, 3.05) is 7.11 Å². The Labute approximate surface area is 111 Å². The molecule has 0 bridgehead atoms. The largest absolute Gasteiger partial charge is 0.463 e. The topological polar surface area (TPSA) is 59.2 Å². The van der Waals surface area contributed by atoms with E-state index in [4.69, 9.17) is 0 Å². The summed E-state index contributed by atoms with van der Waals surface area (Å²) in [7, 11) is 1.21. The highest BCUT2D eigenvalue weighted by Gasteiger charge is 2.23. The molecule has 1 heterocycles. The van der Waals surface area contributed by atoms with Crippen LogP contribution in [0.3, 0.4) is 0 Å². The minimum atomic E-state index is -0.799. The van der Waals surface area contributed by atoms with Gasteiger partial charge in [0.05, 0.1) is 7.11 Å². The van der Waals surface area contributed by atoms with E-state index in [1.165, 1.54) is 7.11 Å². The van der Waals surface area contributed by atoms with Gasteiger partial charge in [-0.25, -0.2) is 4.79 Å². The predicted octanol–water partition coefficient (Wildman–Crippen LogP) is 2.28. The number of ketones is 1. The standard InChI is InChI=1S/C15H15NO3/c1-19-15(18)14(17)10-12(13-8-5-9-16-13)11-6-3-2-4-7-11/h2-9,12,16H,10H2,1H3. The van der Waals surface area contributed by atoms with E-state index in [-0.39, 0.29) is 12.3 Å². The Bertz CT molecular complexity index is 546. The van der Waals surface area contributed by atoms with Crippen LogP contribution in [0.2, 0.25) is 0 Å². The maximum Gasteiger partial charge on any atom is 0.374 e. The van der Waals surface area contributed by atoms with Gasteiger partial charge in [-0.05, 0) is 17.7 Å². The molecule has 0 saturated carbocycles. The van der Waals surface area contributed by atoms with Crippen molar-refractivity contribution in [1.29, 1.82) is 0 Å². The zero-order valence-electron chi connectivity index (χ0n) is 10.6. The molecule has 1 atom stereocenters. The quantitative estimate of drug-likeness (QED) is 0.660. The van der Waals surface area contributed by atoms with E-state index >= 15 is 0 Å². The van der Waals surface area contributed by atoms with E-state index in [2.05, 4.69) is 9.72 Å². The van der Waals surface area contributed by atoms with Gasteiger partial charge in [0.2, 0.25) is 5.78 Å². The summed E-state index contributed by atoms with van der Waals surface area (Å²) in [4.78, 5) is 26.1. The number of ether oxygens (including phenoxy) is 1. The lowest BCUT2D eigenvalue weighted by Gasteiger charge is -2.14. The van der Waals surface area contributed by atoms with Crippen LogP contribution >= 0.6 is 0 Å². The smallest absolute Gasteiger partial charge is 0.374 e. The van der Waals surface area contributed by atoms with Gasteiger partial charge in [-0.15, -0.1) is 0 Å². The minimum absolute atomic E-state index is 0.0944. The number of hydrogen-bond acceptors (Lipinski definition) is 3. The lowest BCUT2D eigenvalue weighted by atomic mass is 9.91. The van der Waals surface area contributed by atoms with E-state index in [1.54, 1.807) is 6.20 Å². The highest BCUT2D eigenvalue weighted by Crippen LogP contribution is 2.27. The molecule has 0 saturated heterocycles. The lowest BCUT2D eigenvalue weighted by molar-refractivity contribution is -0.151. The second-order valence-electron chi connectivity index (χ2n) is 4.21. The van der Waals surface area contributed by atoms with Crippen LogP contribution < -0.4 is 0 Å². The number of esters is 1. The number of carbonyl (C=O) groups is 2. The van der Waals surface area contributed by atoms with Crippen molar-refractivity contribution in [1.82, 2.24) is 4.98 Å². The Morgan fingerprint density at radius 2 is 1.89 bits per heavy atom. The third-order valence-corrected chi connectivity index (χ3v) is 3.00. The molecule has 0 fully saturated rings. The first-order valence-electron chi connectivity index (χ1n) is 6.01. The molecule has 1 aromatic heterocycles. The van der Waals surface area contributed by atoms with Crippen molar-refractivity contribution in [3.8, 4) is 0 Å². The molecule has 19 heavy (non-hydrogen) atoms. The van der Waals surface area contributed by atoms with Crippen molar-refractivity contribution in [3.05, 3.63) is 59.9 Å². The molecule has 2 rings (SSSR count). The molecule has 1 N–H and O–H groups in total. The van der Waals surface area contributed by atoms with Crippen LogP contribution in [0.25, 0.3) is 0 Å². The fraction of sp³-hybridized carbons (Fsp3) is 0.200. The number of benzene rings is 1. The molecule has 0 spiro atoms. The zero-order valence-corrected chi connectivity index (χ0v) is 10.6. The van der Waals surface area contributed by atoms with Crippen LogP contribution in [0.15, 0.2) is 48.7 Å². The van der Waals surface area contributed by atoms with Gasteiger partial charge in [0.15, 0.2) is 0 Å². The summed E-state index contributed by atoms with van der Waals surface area (Å²) < 4.78 is 4.47. The average Bonchev–Trinajstić information content (AvgIpc) is 2.98. The second-order valence-corrected chi connectivity index (χ2v) is 4.21. The Morgan fingerprint density at radius 1 is 1.16 bits per heavy atom. The number of Topliss-reactive ketones (excluding diaryl/α,β-unsaturated/α-hetero) is 1. The highest BCUT2D eigenvalue weighted by molar-refractivity contribution is 6.33. The third-order valence-electron chi connectivity index (χ3n) is 3.00. The van der Waals surface area contributed by atoms with Crippen LogP contribution in [-0.2, 0) is 14.3 Å². The summed E-state index contributed by atoms with van der Waals surface area (Å²) in [5.41, 5.74) is 1.89. The number of rotatable bonds is 5. The van der Waals surface area contributed by atoms with Crippen LogP contribution in [0, 0.1) is 0 Å². The van der Waals surface area contributed by atoms with Crippen molar-refractivity contribution in [3.63, 3.8) is 0 Å². The van der Waals surface area contributed by atoms with E-state index in [9.17, 15) is 9.59 Å². The number of aromatic nitrogens is 1. The highest BCUT2D eigenvalue weighted by atomic mass is 16.5. The number of hydrogen-bond donors (Lipinski definition) is 1. The number of nitrogens with one attached hydrogen (secondary N) is 1. The van der Waals surface area contributed by atoms with Crippen LogP contribution in [-0.4, -0.2) is 23.8 Å². The molecule has 0 aliphatic heterocycles. The molecule has 0 amide bonds. The third kappa shape index (κ3) is 3.10. The molecule has 0 aliphatic carbocycles. The first kappa shape index (κ1) is 13.1. The number of methoxy groups -OCH3 is 1. The van der Waals surface area contributed by atoms with Crippen LogP contribution in [0.1, 0.15) is 23.6 Å². The van der Waals surface area contributed by atoms with Gasteiger partial charge in [0.1, 0.15) is 0 Å². The Hall–Kier alpha value is -2.36. The SMILES string of the molecule is COC(=O)C(=O)CC(c1ccccc1)c1ccc[nH]1. The molecule has 2 aromatic rings. The van der Waals surface area contributed by atoms with Crippen LogP contribution in [0.5, 0.6) is 0 Å². The molecule has 98 valence electrons. The first-order valence-corrected chi connectivity index (χ1v) is 6.01. The minimum Gasteiger partial charge on any atom is -0.463 e. The van der Waals surface area contributed by atoms with Gasteiger partial charge >= 0.3 is 5.97 Å². The first-order chi connectivity index (χ1) is 9.22. The average molecular weight is 257 g/mol. The Kier molecular flexibility index (Phi) is 4.13. The van der Waals surface area contributed by atoms with E-state index in [0.29, 0.717) is 0 Å². The van der Waals surface area contributed by atoms with Crippen molar-refractivity contribution >= 4 is 11.8 Å². The van der Waals surface area contributed by atoms with Gasteiger partial charge in [-0.3, -0.25) is 4.79 Å².